The van der Waals surface area contributed by atoms with Crippen LogP contribution in [0.15, 0.2) is 0 Å². The van der Waals surface area contributed by atoms with Gasteiger partial charge in [0.25, 0.3) is 0 Å². The van der Waals surface area contributed by atoms with Gasteiger partial charge >= 0.3 is 12.1 Å². The van der Waals surface area contributed by atoms with E-state index < -0.39 is 23.8 Å². The van der Waals surface area contributed by atoms with Crippen molar-refractivity contribution in [1.82, 2.24) is 5.32 Å². The summed E-state index contributed by atoms with van der Waals surface area (Å²) in [4.78, 5) is 21.1. The number of rotatable bonds is 2. The van der Waals surface area contributed by atoms with E-state index in [1.165, 1.54) is 0 Å². The maximum absolute atomic E-state index is 10.9. The number of carboxylic acids is 1. The Morgan fingerprint density at radius 1 is 1.46 bits per heavy atom. The van der Waals surface area contributed by atoms with E-state index in [0.717, 1.165) is 0 Å². The second-order valence-corrected chi connectivity index (χ2v) is 3.46. The van der Waals surface area contributed by atoms with Crippen LogP contribution < -0.4 is 11.1 Å². The van der Waals surface area contributed by atoms with Crippen LogP contribution in [-0.2, 0) is 9.53 Å². The van der Waals surface area contributed by atoms with E-state index in [2.05, 4.69) is 0 Å². The van der Waals surface area contributed by atoms with Crippen LogP contribution >= 0.6 is 0 Å². The Morgan fingerprint density at radius 2 is 1.92 bits per heavy atom. The molecule has 0 bridgehead atoms. The summed E-state index contributed by atoms with van der Waals surface area (Å²) in [6.07, 6.45) is -2.28. The fourth-order valence-electron chi connectivity index (χ4n) is 0.496. The number of nitrogens with one attached hydrogen (secondary N) is 1. The van der Waals surface area contributed by atoms with Gasteiger partial charge in [0.1, 0.15) is 5.60 Å². The third kappa shape index (κ3) is 5.92. The number of aliphatic carboxylic acids is 1. The van der Waals surface area contributed by atoms with Gasteiger partial charge in [0.2, 0.25) is 0 Å². The van der Waals surface area contributed by atoms with Gasteiger partial charge in [-0.1, -0.05) is 0 Å². The lowest BCUT2D eigenvalue weighted by atomic mass is 10.2. The number of alkyl carbamates (subject to hydrolysis) is 1. The highest BCUT2D eigenvalue weighted by molar-refractivity contribution is 5.79. The summed E-state index contributed by atoms with van der Waals surface area (Å²) >= 11 is 0. The third-order valence-electron chi connectivity index (χ3n) is 0.938. The molecule has 4 N–H and O–H groups in total. The highest BCUT2D eigenvalue weighted by Crippen LogP contribution is 2.06. The van der Waals surface area contributed by atoms with E-state index in [4.69, 9.17) is 15.6 Å². The summed E-state index contributed by atoms with van der Waals surface area (Å²) in [7, 11) is 0. The van der Waals surface area contributed by atoms with Gasteiger partial charge in [-0.05, 0) is 20.8 Å². The van der Waals surface area contributed by atoms with Crippen molar-refractivity contribution in [2.24, 2.45) is 5.73 Å². The van der Waals surface area contributed by atoms with Crippen molar-refractivity contribution in [1.29, 1.82) is 0 Å². The minimum absolute atomic E-state index is 0.664. The Labute approximate surface area is 76.0 Å². The van der Waals surface area contributed by atoms with E-state index in [9.17, 15) is 9.59 Å². The molecule has 6 heteroatoms. The van der Waals surface area contributed by atoms with Crippen molar-refractivity contribution in [3.63, 3.8) is 0 Å². The van der Waals surface area contributed by atoms with Crippen molar-refractivity contribution in [3.05, 3.63) is 0 Å². The van der Waals surface area contributed by atoms with Crippen LogP contribution in [0.2, 0.25) is 0 Å². The third-order valence-corrected chi connectivity index (χ3v) is 0.938. The van der Waals surface area contributed by atoms with Gasteiger partial charge < -0.3 is 15.6 Å². The smallest absolute Gasteiger partial charge is 0.409 e. The van der Waals surface area contributed by atoms with E-state index in [-0.39, 0.29) is 0 Å². The van der Waals surface area contributed by atoms with Crippen LogP contribution in [0.5, 0.6) is 0 Å². The summed E-state index contributed by atoms with van der Waals surface area (Å²) in [5.74, 6) is -1.31. The monoisotopic (exact) mass is 190 g/mol. The van der Waals surface area contributed by atoms with Gasteiger partial charge in [-0.25, -0.2) is 9.59 Å². The van der Waals surface area contributed by atoms with Crippen molar-refractivity contribution >= 4 is 12.1 Å². The molecule has 1 atom stereocenters. The minimum atomic E-state index is -1.44. The van der Waals surface area contributed by atoms with E-state index >= 15 is 0 Å². The van der Waals surface area contributed by atoms with Crippen molar-refractivity contribution in [3.8, 4) is 0 Å². The van der Waals surface area contributed by atoms with Gasteiger partial charge in [-0.3, -0.25) is 5.32 Å². The first-order valence-electron chi connectivity index (χ1n) is 3.70. The van der Waals surface area contributed by atoms with Gasteiger partial charge in [-0.2, -0.15) is 0 Å². The first-order chi connectivity index (χ1) is 5.72. The van der Waals surface area contributed by atoms with Gasteiger partial charge in [0.15, 0.2) is 6.17 Å². The molecular formula is C7H14N2O4. The number of ether oxygens (including phenoxy) is 1. The Kier molecular flexibility index (Phi) is 3.68. The molecule has 13 heavy (non-hydrogen) atoms. The van der Waals surface area contributed by atoms with Crippen LogP contribution in [0.4, 0.5) is 4.79 Å². The molecule has 0 aromatic rings. The van der Waals surface area contributed by atoms with Crippen LogP contribution in [0.1, 0.15) is 20.8 Å². The molecular weight excluding hydrogens is 176 g/mol. The molecule has 0 aromatic heterocycles. The number of carboxylic acid groups (broad SMARTS) is 1. The molecule has 0 radical (unpaired) electrons. The Hall–Kier alpha value is -1.30. The van der Waals surface area contributed by atoms with Gasteiger partial charge in [-0.15, -0.1) is 0 Å². The maximum Gasteiger partial charge on any atom is 0.409 e. The number of amides is 1. The Balaban J connectivity index is 3.96. The quantitative estimate of drug-likeness (QED) is 0.527. The summed E-state index contributed by atoms with van der Waals surface area (Å²) in [6, 6.07) is 0. The summed E-state index contributed by atoms with van der Waals surface area (Å²) in [5.41, 5.74) is 4.36. The molecule has 0 saturated heterocycles. The highest BCUT2D eigenvalue weighted by atomic mass is 16.6. The summed E-state index contributed by atoms with van der Waals surface area (Å²) in [5, 5.41) is 10.3. The normalized spacial score (nSPS) is 13.2. The van der Waals surface area contributed by atoms with Crippen molar-refractivity contribution < 1.29 is 19.4 Å². The zero-order chi connectivity index (χ0) is 10.6. The Morgan fingerprint density at radius 3 is 2.23 bits per heavy atom. The zero-order valence-corrected chi connectivity index (χ0v) is 7.83. The molecule has 0 fully saturated rings. The predicted molar refractivity (Wildman–Crippen MR) is 45.0 cm³/mol. The van der Waals surface area contributed by atoms with Crippen LogP contribution in [0.25, 0.3) is 0 Å². The molecule has 0 aliphatic rings. The number of hydrogen-bond donors (Lipinski definition) is 3. The molecule has 0 aliphatic carbocycles. The average Bonchev–Trinajstić information content (AvgIpc) is 1.81. The molecule has 1 amide bonds. The second-order valence-electron chi connectivity index (χ2n) is 3.46. The minimum Gasteiger partial charge on any atom is -0.479 e. The molecule has 0 saturated carbocycles. The fourth-order valence-corrected chi connectivity index (χ4v) is 0.496. The van der Waals surface area contributed by atoms with Gasteiger partial charge in [0.05, 0.1) is 0 Å². The first-order valence-corrected chi connectivity index (χ1v) is 3.70. The topological polar surface area (TPSA) is 102 Å². The predicted octanol–water partition coefficient (Wildman–Crippen LogP) is -0.119. The SMILES string of the molecule is CC(C)(C)OC(=O)NC(N)C(=O)O. The molecule has 0 spiro atoms. The van der Waals surface area contributed by atoms with Crippen LogP contribution in [0, 0.1) is 0 Å². The first kappa shape index (κ1) is 11.7. The second kappa shape index (κ2) is 4.08. The van der Waals surface area contributed by atoms with E-state index in [1.807, 2.05) is 5.32 Å². The molecule has 0 heterocycles. The number of hydrogen-bond acceptors (Lipinski definition) is 4. The molecule has 6 nitrogen and oxygen atoms in total. The summed E-state index contributed by atoms with van der Waals surface area (Å²) < 4.78 is 4.77. The molecule has 0 aliphatic heterocycles. The lowest BCUT2D eigenvalue weighted by Gasteiger charge is -2.20. The number of carbonyl (C=O) groups excluding carboxylic acids is 1. The molecule has 1 unspecified atom stereocenters. The average molecular weight is 190 g/mol. The van der Waals surface area contributed by atoms with E-state index in [1.54, 1.807) is 20.8 Å². The summed E-state index contributed by atoms with van der Waals surface area (Å²) in [6.45, 7) is 5.00. The van der Waals surface area contributed by atoms with Crippen LogP contribution in [0.3, 0.4) is 0 Å². The fraction of sp³-hybridized carbons (Fsp3) is 0.714. The van der Waals surface area contributed by atoms with Crippen LogP contribution in [-0.4, -0.2) is 28.9 Å². The number of nitrogens with two attached hydrogens (primary N) is 1. The van der Waals surface area contributed by atoms with E-state index in [0.29, 0.717) is 0 Å². The largest absolute Gasteiger partial charge is 0.479 e. The van der Waals surface area contributed by atoms with Crippen molar-refractivity contribution in [2.45, 2.75) is 32.5 Å². The zero-order valence-electron chi connectivity index (χ0n) is 7.83. The highest BCUT2D eigenvalue weighted by Gasteiger charge is 2.20. The standard InChI is InChI=1S/C7H14N2O4/c1-7(2,3)13-6(12)9-4(8)5(10)11/h4H,8H2,1-3H3,(H,9,12)(H,10,11). The maximum atomic E-state index is 10.9. The van der Waals surface area contributed by atoms with Crippen molar-refractivity contribution in [2.75, 3.05) is 0 Å². The Bertz CT molecular complexity index is 209. The molecule has 0 aromatic carbocycles. The molecule has 0 rings (SSSR count). The van der Waals surface area contributed by atoms with Gasteiger partial charge in [0, 0.05) is 0 Å². The lowest BCUT2D eigenvalue weighted by Crippen LogP contribution is -2.48. The number of carbonyl (C=O) groups is 2. The lowest BCUT2D eigenvalue weighted by molar-refractivity contribution is -0.139. The molecule has 76 valence electrons.